The molecule has 15 heavy (non-hydrogen) atoms. The highest BCUT2D eigenvalue weighted by atomic mass is 32.2. The van der Waals surface area contributed by atoms with Gasteiger partial charge < -0.3 is 5.43 Å². The van der Waals surface area contributed by atoms with Crippen LogP contribution in [-0.4, -0.2) is 5.71 Å². The lowest BCUT2D eigenvalue weighted by molar-refractivity contribution is 0.885. The lowest BCUT2D eigenvalue weighted by atomic mass is 10.3. The SMILES string of the molecule is CC1=Nc2ccccc2S/C1=C(/C)NN. The van der Waals surface area contributed by atoms with Crippen molar-refractivity contribution in [2.75, 3.05) is 0 Å². The van der Waals surface area contributed by atoms with Gasteiger partial charge in [0, 0.05) is 10.6 Å². The molecule has 0 fully saturated rings. The lowest BCUT2D eigenvalue weighted by Crippen LogP contribution is -2.22. The molecule has 1 aromatic carbocycles. The van der Waals surface area contributed by atoms with Crippen molar-refractivity contribution >= 4 is 23.2 Å². The number of hydrogen-bond donors (Lipinski definition) is 2. The summed E-state index contributed by atoms with van der Waals surface area (Å²) in [5.74, 6) is 5.41. The quantitative estimate of drug-likeness (QED) is 0.564. The van der Waals surface area contributed by atoms with Gasteiger partial charge in [-0.05, 0) is 26.0 Å². The van der Waals surface area contributed by atoms with E-state index in [-0.39, 0.29) is 0 Å². The van der Waals surface area contributed by atoms with E-state index in [0.717, 1.165) is 22.0 Å². The first-order valence-electron chi connectivity index (χ1n) is 4.72. The molecule has 4 heteroatoms. The largest absolute Gasteiger partial charge is 0.327 e. The first-order valence-corrected chi connectivity index (χ1v) is 5.54. The van der Waals surface area contributed by atoms with Crippen LogP contribution in [0.1, 0.15) is 13.8 Å². The average molecular weight is 219 g/mol. The van der Waals surface area contributed by atoms with Gasteiger partial charge >= 0.3 is 0 Å². The predicted octanol–water partition coefficient (Wildman–Crippen LogP) is 2.58. The molecule has 0 aromatic heterocycles. The van der Waals surface area contributed by atoms with E-state index in [0.29, 0.717) is 0 Å². The minimum atomic E-state index is 0.954. The molecular weight excluding hydrogens is 206 g/mol. The molecular formula is C11H13N3S. The third-order valence-corrected chi connectivity index (χ3v) is 3.62. The number of fused-ring (bicyclic) bond motifs is 1. The van der Waals surface area contributed by atoms with Crippen LogP contribution in [0.4, 0.5) is 5.69 Å². The monoisotopic (exact) mass is 219 g/mol. The molecule has 1 heterocycles. The number of nitrogens with one attached hydrogen (secondary N) is 1. The second-order valence-electron chi connectivity index (χ2n) is 3.37. The smallest absolute Gasteiger partial charge is 0.0772 e. The first-order chi connectivity index (χ1) is 7.22. The van der Waals surface area contributed by atoms with Crippen LogP contribution in [0.2, 0.25) is 0 Å². The van der Waals surface area contributed by atoms with Gasteiger partial charge in [0.25, 0.3) is 0 Å². The van der Waals surface area contributed by atoms with E-state index in [1.807, 2.05) is 32.0 Å². The van der Waals surface area contributed by atoms with Gasteiger partial charge in [-0.1, -0.05) is 23.9 Å². The third-order valence-electron chi connectivity index (χ3n) is 2.25. The molecule has 0 saturated heterocycles. The summed E-state index contributed by atoms with van der Waals surface area (Å²) in [6.45, 7) is 3.95. The van der Waals surface area contributed by atoms with Crippen LogP contribution >= 0.6 is 11.8 Å². The molecule has 0 unspecified atom stereocenters. The zero-order chi connectivity index (χ0) is 10.8. The summed E-state index contributed by atoms with van der Waals surface area (Å²) in [5.41, 5.74) is 5.67. The number of nitrogens with zero attached hydrogens (tertiary/aromatic N) is 1. The maximum atomic E-state index is 5.41. The van der Waals surface area contributed by atoms with Gasteiger partial charge in [-0.25, -0.2) is 0 Å². The Bertz CT molecular complexity index is 449. The van der Waals surface area contributed by atoms with Crippen molar-refractivity contribution in [1.82, 2.24) is 5.43 Å². The summed E-state index contributed by atoms with van der Waals surface area (Å²) in [7, 11) is 0. The van der Waals surface area contributed by atoms with Crippen LogP contribution in [-0.2, 0) is 0 Å². The molecule has 78 valence electrons. The molecule has 0 amide bonds. The summed E-state index contributed by atoms with van der Waals surface area (Å²) in [6.07, 6.45) is 0. The zero-order valence-corrected chi connectivity index (χ0v) is 9.56. The molecule has 0 spiro atoms. The third kappa shape index (κ3) is 1.91. The second kappa shape index (κ2) is 4.08. The number of hydrogen-bond acceptors (Lipinski definition) is 4. The summed E-state index contributed by atoms with van der Waals surface area (Å²) in [4.78, 5) is 6.82. The maximum absolute atomic E-state index is 5.41. The van der Waals surface area contributed by atoms with E-state index in [4.69, 9.17) is 5.84 Å². The number of aliphatic imine (C=N–C) groups is 1. The normalized spacial score (nSPS) is 17.9. The molecule has 3 N–H and O–H groups in total. The fraction of sp³-hybridized carbons (Fsp3) is 0.182. The number of rotatable bonds is 1. The lowest BCUT2D eigenvalue weighted by Gasteiger charge is -2.17. The van der Waals surface area contributed by atoms with Crippen molar-refractivity contribution in [1.29, 1.82) is 0 Å². The van der Waals surface area contributed by atoms with E-state index in [1.54, 1.807) is 11.8 Å². The molecule has 0 saturated carbocycles. The van der Waals surface area contributed by atoms with Crippen molar-refractivity contribution in [2.45, 2.75) is 18.7 Å². The number of allylic oxidation sites excluding steroid dienone is 2. The van der Waals surface area contributed by atoms with Crippen LogP contribution < -0.4 is 11.3 Å². The maximum Gasteiger partial charge on any atom is 0.0772 e. The van der Waals surface area contributed by atoms with E-state index in [1.165, 1.54) is 4.90 Å². The number of nitrogens with two attached hydrogens (primary N) is 1. The zero-order valence-electron chi connectivity index (χ0n) is 8.74. The van der Waals surface area contributed by atoms with E-state index < -0.39 is 0 Å². The Balaban J connectivity index is 2.49. The van der Waals surface area contributed by atoms with E-state index >= 15 is 0 Å². The summed E-state index contributed by atoms with van der Waals surface area (Å²) in [5, 5.41) is 0. The molecule has 0 atom stereocenters. The number of para-hydroxylation sites is 1. The molecule has 0 radical (unpaired) electrons. The Kier molecular flexibility index (Phi) is 2.79. The van der Waals surface area contributed by atoms with Gasteiger partial charge in [-0.15, -0.1) is 0 Å². The minimum absolute atomic E-state index is 0.954. The van der Waals surface area contributed by atoms with Crippen LogP contribution in [0.15, 0.2) is 44.8 Å². The van der Waals surface area contributed by atoms with Crippen LogP contribution in [0, 0.1) is 0 Å². The van der Waals surface area contributed by atoms with Crippen LogP contribution in [0.3, 0.4) is 0 Å². The molecule has 1 aliphatic heterocycles. The minimum Gasteiger partial charge on any atom is -0.327 e. The predicted molar refractivity (Wildman–Crippen MR) is 65.1 cm³/mol. The van der Waals surface area contributed by atoms with Gasteiger partial charge in [0.2, 0.25) is 0 Å². The molecule has 0 bridgehead atoms. The van der Waals surface area contributed by atoms with Crippen molar-refractivity contribution in [3.8, 4) is 0 Å². The van der Waals surface area contributed by atoms with Crippen molar-refractivity contribution in [3.05, 3.63) is 34.9 Å². The molecule has 3 nitrogen and oxygen atoms in total. The molecule has 0 aliphatic carbocycles. The highest BCUT2D eigenvalue weighted by Crippen LogP contribution is 2.40. The van der Waals surface area contributed by atoms with Crippen LogP contribution in [0.5, 0.6) is 0 Å². The fourth-order valence-electron chi connectivity index (χ4n) is 1.46. The van der Waals surface area contributed by atoms with Gasteiger partial charge in [0.05, 0.1) is 16.3 Å². The van der Waals surface area contributed by atoms with Crippen molar-refractivity contribution in [2.24, 2.45) is 10.8 Å². The molecule has 2 rings (SSSR count). The van der Waals surface area contributed by atoms with E-state index in [2.05, 4.69) is 16.5 Å². The Morgan fingerprint density at radius 2 is 2.13 bits per heavy atom. The van der Waals surface area contributed by atoms with Crippen molar-refractivity contribution in [3.63, 3.8) is 0 Å². The standard InChI is InChI=1S/C11H13N3S/c1-7-11(8(2)14-12)15-10-6-4-3-5-9(10)13-7/h3-6,14H,12H2,1-2H3/b11-8-. The molecule has 1 aromatic rings. The topological polar surface area (TPSA) is 50.4 Å². The van der Waals surface area contributed by atoms with Crippen LogP contribution in [0.25, 0.3) is 0 Å². The fourth-order valence-corrected chi connectivity index (χ4v) is 2.45. The number of hydrazine groups is 1. The molecule has 1 aliphatic rings. The summed E-state index contributed by atoms with van der Waals surface area (Å²) in [6, 6.07) is 8.11. The highest BCUT2D eigenvalue weighted by Gasteiger charge is 2.16. The summed E-state index contributed by atoms with van der Waals surface area (Å²) >= 11 is 1.70. The van der Waals surface area contributed by atoms with Gasteiger partial charge in [0.1, 0.15) is 0 Å². The number of benzene rings is 1. The van der Waals surface area contributed by atoms with E-state index in [9.17, 15) is 0 Å². The average Bonchev–Trinajstić information content (AvgIpc) is 2.27. The Labute approximate surface area is 93.4 Å². The van der Waals surface area contributed by atoms with Gasteiger partial charge in [-0.3, -0.25) is 10.8 Å². The van der Waals surface area contributed by atoms with Crippen molar-refractivity contribution < 1.29 is 0 Å². The number of thioether (sulfide) groups is 1. The second-order valence-corrected chi connectivity index (χ2v) is 4.42. The Morgan fingerprint density at radius 1 is 1.40 bits per heavy atom. The summed E-state index contributed by atoms with van der Waals surface area (Å²) < 4.78 is 0. The highest BCUT2D eigenvalue weighted by molar-refractivity contribution is 8.04. The first kappa shape index (κ1) is 10.3. The Hall–Kier alpha value is -1.26. The van der Waals surface area contributed by atoms with Gasteiger partial charge in [0.15, 0.2) is 0 Å². The Morgan fingerprint density at radius 3 is 2.87 bits per heavy atom. The van der Waals surface area contributed by atoms with Gasteiger partial charge in [-0.2, -0.15) is 0 Å².